The second-order valence-electron chi connectivity index (χ2n) is 18.5. The van der Waals surface area contributed by atoms with Gasteiger partial charge in [-0.25, -0.2) is 0 Å². The van der Waals surface area contributed by atoms with Crippen LogP contribution in [0.15, 0.2) is 36.5 Å². The summed E-state index contributed by atoms with van der Waals surface area (Å²) >= 11 is 0. The van der Waals surface area contributed by atoms with Gasteiger partial charge in [0.15, 0.2) is 0 Å². The maximum absolute atomic E-state index is 12.4. The number of carbonyl (C=O) groups excluding carboxylic acids is 2. The quantitative estimate of drug-likeness (QED) is 0.0321. The van der Waals surface area contributed by atoms with Crippen LogP contribution in [0.2, 0.25) is 0 Å². The first-order valence-corrected chi connectivity index (χ1v) is 27.3. The van der Waals surface area contributed by atoms with E-state index in [0.717, 1.165) is 51.4 Å². The van der Waals surface area contributed by atoms with Gasteiger partial charge in [-0.15, -0.1) is 0 Å². The highest BCUT2D eigenvalue weighted by molar-refractivity contribution is 5.76. The highest BCUT2D eigenvalue weighted by atomic mass is 16.5. The first-order chi connectivity index (χ1) is 30.5. The molecule has 2 atom stereocenters. The number of aliphatic hydroxyl groups is 2. The van der Waals surface area contributed by atoms with E-state index in [0.29, 0.717) is 19.4 Å². The Hall–Kier alpha value is -1.92. The zero-order valence-corrected chi connectivity index (χ0v) is 41.4. The van der Waals surface area contributed by atoms with Crippen LogP contribution in [0, 0.1) is 0 Å². The number of amides is 1. The van der Waals surface area contributed by atoms with Gasteiger partial charge in [-0.2, -0.15) is 0 Å². The van der Waals surface area contributed by atoms with Gasteiger partial charge in [0.1, 0.15) is 0 Å². The van der Waals surface area contributed by atoms with Crippen molar-refractivity contribution in [2.45, 2.75) is 296 Å². The summed E-state index contributed by atoms with van der Waals surface area (Å²) < 4.78 is 5.45. The number of unbranched alkanes of at least 4 members (excludes halogenated alkanes) is 35. The van der Waals surface area contributed by atoms with Crippen molar-refractivity contribution >= 4 is 11.9 Å². The third-order valence-electron chi connectivity index (χ3n) is 12.4. The summed E-state index contributed by atoms with van der Waals surface area (Å²) in [4.78, 5) is 24.4. The van der Waals surface area contributed by atoms with E-state index in [-0.39, 0.29) is 18.5 Å². The van der Waals surface area contributed by atoms with E-state index in [9.17, 15) is 19.8 Å². The molecule has 0 saturated heterocycles. The molecule has 0 heterocycles. The summed E-state index contributed by atoms with van der Waals surface area (Å²) in [5.41, 5.74) is 0. The molecule has 0 aromatic carbocycles. The first kappa shape index (κ1) is 60.1. The minimum atomic E-state index is -0.849. The third-order valence-corrected chi connectivity index (χ3v) is 12.4. The second kappa shape index (κ2) is 51.7. The molecule has 0 aromatic rings. The van der Waals surface area contributed by atoms with Gasteiger partial charge in [-0.05, 0) is 83.5 Å². The zero-order valence-electron chi connectivity index (χ0n) is 41.4. The smallest absolute Gasteiger partial charge is 0.305 e. The Balaban J connectivity index is 3.47. The Labute approximate surface area is 385 Å². The monoisotopic (exact) mass is 872 g/mol. The van der Waals surface area contributed by atoms with Crippen LogP contribution < -0.4 is 5.32 Å². The number of allylic oxidation sites excluding steroid dienone is 5. The predicted molar refractivity (Wildman–Crippen MR) is 269 cm³/mol. The van der Waals surface area contributed by atoms with Crippen molar-refractivity contribution in [1.82, 2.24) is 5.32 Å². The molecular formula is C56H105NO5. The van der Waals surface area contributed by atoms with Crippen LogP contribution in [-0.2, 0) is 14.3 Å². The second-order valence-corrected chi connectivity index (χ2v) is 18.5. The maximum Gasteiger partial charge on any atom is 0.305 e. The number of aliphatic hydroxyl groups excluding tert-OH is 2. The summed E-state index contributed by atoms with van der Waals surface area (Å²) in [5, 5.41) is 23.0. The van der Waals surface area contributed by atoms with Crippen molar-refractivity contribution in [1.29, 1.82) is 0 Å². The molecule has 0 saturated carbocycles. The molecule has 0 fully saturated rings. The summed E-state index contributed by atoms with van der Waals surface area (Å²) in [6, 6.07) is -0.633. The maximum atomic E-state index is 12.4. The molecule has 6 heteroatoms. The predicted octanol–water partition coefficient (Wildman–Crippen LogP) is 16.5. The van der Waals surface area contributed by atoms with Gasteiger partial charge in [0.25, 0.3) is 0 Å². The Morgan fingerprint density at radius 1 is 0.435 bits per heavy atom. The molecule has 0 radical (unpaired) electrons. The summed E-state index contributed by atoms with van der Waals surface area (Å²) in [6.07, 6.45) is 63.0. The zero-order chi connectivity index (χ0) is 45.1. The SMILES string of the molecule is CCCCC/C=C\CCCCCCCC(=O)OCCCCCCCCCCC/C=C\CCCCCCCCCC(=O)NC(CO)C(O)/C=C/CCCCCCCCCCCCC. The van der Waals surface area contributed by atoms with Gasteiger partial charge in [0.05, 0.1) is 25.4 Å². The lowest BCUT2D eigenvalue weighted by molar-refractivity contribution is -0.143. The van der Waals surface area contributed by atoms with E-state index in [2.05, 4.69) is 43.5 Å². The highest BCUT2D eigenvalue weighted by Crippen LogP contribution is 2.15. The van der Waals surface area contributed by atoms with Crippen LogP contribution in [-0.4, -0.2) is 47.4 Å². The van der Waals surface area contributed by atoms with E-state index in [1.807, 2.05) is 6.08 Å². The average Bonchev–Trinajstić information content (AvgIpc) is 3.27. The molecule has 0 aliphatic rings. The number of carbonyl (C=O) groups is 2. The van der Waals surface area contributed by atoms with Crippen LogP contribution in [0.3, 0.4) is 0 Å². The highest BCUT2D eigenvalue weighted by Gasteiger charge is 2.18. The van der Waals surface area contributed by atoms with Crippen LogP contribution in [0.1, 0.15) is 284 Å². The van der Waals surface area contributed by atoms with E-state index >= 15 is 0 Å². The number of rotatable bonds is 50. The topological polar surface area (TPSA) is 95.9 Å². The van der Waals surface area contributed by atoms with E-state index in [4.69, 9.17) is 4.74 Å². The van der Waals surface area contributed by atoms with Crippen molar-refractivity contribution in [3.8, 4) is 0 Å². The van der Waals surface area contributed by atoms with Gasteiger partial charge in [-0.1, -0.05) is 224 Å². The van der Waals surface area contributed by atoms with Crippen molar-refractivity contribution in [2.24, 2.45) is 0 Å². The van der Waals surface area contributed by atoms with Gasteiger partial charge in [0, 0.05) is 12.8 Å². The minimum absolute atomic E-state index is 0.00514. The molecule has 0 aliphatic carbocycles. The van der Waals surface area contributed by atoms with Crippen LogP contribution in [0.25, 0.3) is 0 Å². The molecule has 2 unspecified atom stereocenters. The third kappa shape index (κ3) is 47.6. The average molecular weight is 872 g/mol. The molecular weight excluding hydrogens is 767 g/mol. The number of nitrogens with one attached hydrogen (secondary N) is 1. The first-order valence-electron chi connectivity index (χ1n) is 27.3. The fourth-order valence-corrected chi connectivity index (χ4v) is 8.15. The Morgan fingerprint density at radius 2 is 0.758 bits per heavy atom. The van der Waals surface area contributed by atoms with Crippen molar-refractivity contribution in [2.75, 3.05) is 13.2 Å². The lowest BCUT2D eigenvalue weighted by Crippen LogP contribution is -2.45. The van der Waals surface area contributed by atoms with E-state index in [1.54, 1.807) is 6.08 Å². The van der Waals surface area contributed by atoms with E-state index in [1.165, 1.54) is 205 Å². The number of ether oxygens (including phenoxy) is 1. The molecule has 6 nitrogen and oxygen atoms in total. The number of hydrogen-bond donors (Lipinski definition) is 3. The normalized spacial score (nSPS) is 12.9. The van der Waals surface area contributed by atoms with Crippen LogP contribution in [0.5, 0.6) is 0 Å². The lowest BCUT2D eigenvalue weighted by atomic mass is 10.0. The molecule has 364 valence electrons. The van der Waals surface area contributed by atoms with Gasteiger partial charge < -0.3 is 20.3 Å². The number of esters is 1. The summed E-state index contributed by atoms with van der Waals surface area (Å²) in [5.74, 6) is -0.0826. The molecule has 0 aliphatic heterocycles. The van der Waals surface area contributed by atoms with Crippen molar-refractivity contribution in [3.05, 3.63) is 36.5 Å². The van der Waals surface area contributed by atoms with Crippen molar-refractivity contribution < 1.29 is 24.5 Å². The Kier molecular flexibility index (Phi) is 50.1. The van der Waals surface area contributed by atoms with Gasteiger partial charge >= 0.3 is 5.97 Å². The Morgan fingerprint density at radius 3 is 1.18 bits per heavy atom. The molecule has 1 amide bonds. The Bertz CT molecular complexity index is 1010. The summed E-state index contributed by atoms with van der Waals surface area (Å²) in [7, 11) is 0. The molecule has 0 spiro atoms. The standard InChI is InChI=1S/C56H105NO5/c1-3-5-7-9-11-13-15-25-28-32-36-40-44-48-54(59)53(52-58)57-55(60)49-45-41-37-33-29-26-23-21-19-17-18-20-22-24-27-31-35-39-43-47-51-62-56(61)50-46-42-38-34-30-16-14-12-10-8-6-4-2/h12,14,17,19,44,48,53-54,58-59H,3-11,13,15-16,18,20-43,45-47,49-52H2,1-2H3,(H,57,60)/b14-12-,19-17-,48-44+. The largest absolute Gasteiger partial charge is 0.466 e. The van der Waals surface area contributed by atoms with Crippen LogP contribution in [0.4, 0.5) is 0 Å². The fourth-order valence-electron chi connectivity index (χ4n) is 8.15. The molecule has 62 heavy (non-hydrogen) atoms. The van der Waals surface area contributed by atoms with Crippen LogP contribution >= 0.6 is 0 Å². The van der Waals surface area contributed by atoms with E-state index < -0.39 is 12.1 Å². The van der Waals surface area contributed by atoms with Gasteiger partial charge in [-0.3, -0.25) is 9.59 Å². The summed E-state index contributed by atoms with van der Waals surface area (Å²) in [6.45, 7) is 4.86. The minimum Gasteiger partial charge on any atom is -0.466 e. The van der Waals surface area contributed by atoms with Gasteiger partial charge in [0.2, 0.25) is 5.91 Å². The molecule has 0 aromatic heterocycles. The fraction of sp³-hybridized carbons (Fsp3) is 0.857. The molecule has 3 N–H and O–H groups in total. The lowest BCUT2D eigenvalue weighted by Gasteiger charge is -2.20. The molecule has 0 bridgehead atoms. The number of hydrogen-bond acceptors (Lipinski definition) is 5. The van der Waals surface area contributed by atoms with Crippen molar-refractivity contribution in [3.63, 3.8) is 0 Å². The molecule has 0 rings (SSSR count).